The number of anilines is 2. The van der Waals surface area contributed by atoms with Crippen LogP contribution in [0.4, 0.5) is 20.3 Å². The lowest BCUT2D eigenvalue weighted by Gasteiger charge is -2.38. The fourth-order valence-electron chi connectivity index (χ4n) is 5.44. The van der Waals surface area contributed by atoms with E-state index in [1.54, 1.807) is 24.3 Å². The molecule has 1 aromatic carbocycles. The molecule has 0 radical (unpaired) electrons. The molecular weight excluding hydrogens is 516 g/mol. The molecule has 1 saturated carbocycles. The molecule has 3 N–H and O–H groups in total. The average Bonchev–Trinajstić information content (AvgIpc) is 3.28. The Morgan fingerprint density at radius 2 is 1.76 bits per heavy atom. The molecule has 2 fully saturated rings. The number of amides is 1. The number of nitrogens with one attached hydrogen (secondary N) is 3. The highest BCUT2D eigenvalue weighted by Gasteiger charge is 2.38. The Balaban J connectivity index is 1.34. The van der Waals surface area contributed by atoms with E-state index in [0.29, 0.717) is 17.9 Å². The number of sulfonamides is 1. The van der Waals surface area contributed by atoms with E-state index >= 15 is 0 Å². The minimum atomic E-state index is -3.72. The van der Waals surface area contributed by atoms with Crippen molar-refractivity contribution in [1.29, 1.82) is 0 Å². The molecule has 1 aliphatic carbocycles. The maximum Gasteiger partial charge on any atom is 0.266 e. The van der Waals surface area contributed by atoms with E-state index in [0.717, 1.165) is 25.9 Å². The van der Waals surface area contributed by atoms with E-state index in [-0.39, 0.29) is 67.3 Å². The normalized spacial score (nSPS) is 20.2. The monoisotopic (exact) mass is 553 g/mol. The van der Waals surface area contributed by atoms with Crippen LogP contribution in [0.3, 0.4) is 0 Å². The number of aromatic amines is 2. The first-order valence-electron chi connectivity index (χ1n) is 13.3. The first kappa shape index (κ1) is 28.3. The summed E-state index contributed by atoms with van der Waals surface area (Å²) < 4.78 is 55.8. The molecule has 0 spiro atoms. The summed E-state index contributed by atoms with van der Waals surface area (Å²) in [4.78, 5) is 25.8. The van der Waals surface area contributed by atoms with Crippen LogP contribution in [0.25, 0.3) is 0 Å². The van der Waals surface area contributed by atoms with Crippen molar-refractivity contribution in [3.8, 4) is 0 Å². The van der Waals surface area contributed by atoms with Gasteiger partial charge < -0.3 is 5.32 Å². The number of H-pyrrole nitrogens is 2. The van der Waals surface area contributed by atoms with Crippen LogP contribution in [0.1, 0.15) is 51.9 Å². The van der Waals surface area contributed by atoms with Crippen molar-refractivity contribution in [1.82, 2.24) is 15.1 Å². The fourth-order valence-corrected chi connectivity index (χ4v) is 7.44. The maximum atomic E-state index is 13.6. The Kier molecular flexibility index (Phi) is 8.92. The molecule has 38 heavy (non-hydrogen) atoms. The molecule has 0 bridgehead atoms. The maximum absolute atomic E-state index is 13.6. The summed E-state index contributed by atoms with van der Waals surface area (Å²) in [5.41, 5.74) is 0.268. The van der Waals surface area contributed by atoms with Crippen molar-refractivity contribution < 1.29 is 22.0 Å². The number of carbonyl (C=O) groups is 1. The van der Waals surface area contributed by atoms with Crippen LogP contribution in [-0.4, -0.2) is 66.8 Å². The molecule has 12 heteroatoms. The number of para-hydroxylation sites is 1. The van der Waals surface area contributed by atoms with Gasteiger partial charge in [0.05, 0.1) is 11.4 Å². The van der Waals surface area contributed by atoms with E-state index < -0.39 is 15.9 Å². The van der Waals surface area contributed by atoms with Gasteiger partial charge in [-0.3, -0.25) is 29.0 Å². The summed E-state index contributed by atoms with van der Waals surface area (Å²) >= 11 is 0. The number of hydrogen-bond donors (Lipinski definition) is 3. The van der Waals surface area contributed by atoms with Gasteiger partial charge in [-0.25, -0.2) is 17.2 Å². The first-order chi connectivity index (χ1) is 18.0. The van der Waals surface area contributed by atoms with Crippen LogP contribution in [0.15, 0.2) is 41.2 Å². The number of benzene rings is 1. The van der Waals surface area contributed by atoms with Crippen LogP contribution < -0.4 is 15.2 Å². The summed E-state index contributed by atoms with van der Waals surface area (Å²) in [6, 6.07) is 10.2. The predicted molar refractivity (Wildman–Crippen MR) is 143 cm³/mol. The van der Waals surface area contributed by atoms with Gasteiger partial charge in [-0.15, -0.1) is 0 Å². The fraction of sp³-hybridized carbons (Fsp3) is 0.615. The standard InChI is InChI=1S/C26H37F2N5O4S/c1-19(32-13-9-20(10-14-32)15-24(34)29-23-16-25(35)31-30-23)17-33(22-5-3-2-4-6-22)38(36,37)18-21-7-11-26(27,28)12-8-21/h2-6,16,19-21H,7-15,17-18H2,1H3,(H3,29,30,31,34,35)/t19-/m1/s1. The van der Waals surface area contributed by atoms with E-state index in [4.69, 9.17) is 0 Å². The van der Waals surface area contributed by atoms with Crippen molar-refractivity contribution in [3.63, 3.8) is 0 Å². The zero-order valence-corrected chi connectivity index (χ0v) is 22.5. The number of nitrogens with zero attached hydrogens (tertiary/aromatic N) is 2. The van der Waals surface area contributed by atoms with Gasteiger partial charge in [0.15, 0.2) is 0 Å². The van der Waals surface area contributed by atoms with Gasteiger partial charge >= 0.3 is 0 Å². The van der Waals surface area contributed by atoms with Gasteiger partial charge in [0.25, 0.3) is 5.56 Å². The van der Waals surface area contributed by atoms with Gasteiger partial charge in [-0.1, -0.05) is 18.2 Å². The first-order valence-corrected chi connectivity index (χ1v) is 14.9. The summed E-state index contributed by atoms with van der Waals surface area (Å²) in [6.07, 6.45) is 1.86. The second-order valence-corrected chi connectivity index (χ2v) is 12.6. The number of hydrogen-bond acceptors (Lipinski definition) is 5. The number of piperidine rings is 1. The smallest absolute Gasteiger partial charge is 0.266 e. The van der Waals surface area contributed by atoms with Crippen LogP contribution in [0, 0.1) is 11.8 Å². The second kappa shape index (κ2) is 12.0. The molecule has 1 amide bonds. The average molecular weight is 554 g/mol. The molecule has 2 aliphatic rings. The summed E-state index contributed by atoms with van der Waals surface area (Å²) in [6.45, 7) is 3.74. The van der Waals surface area contributed by atoms with Crippen molar-refractivity contribution in [3.05, 3.63) is 46.8 Å². The van der Waals surface area contributed by atoms with E-state index in [1.807, 2.05) is 13.0 Å². The van der Waals surface area contributed by atoms with E-state index in [1.165, 1.54) is 10.4 Å². The Morgan fingerprint density at radius 1 is 1.11 bits per heavy atom. The zero-order chi connectivity index (χ0) is 27.3. The van der Waals surface area contributed by atoms with Gasteiger partial charge in [0, 0.05) is 37.9 Å². The van der Waals surface area contributed by atoms with Crippen molar-refractivity contribution >= 4 is 27.4 Å². The van der Waals surface area contributed by atoms with Crippen LogP contribution in [0.2, 0.25) is 0 Å². The van der Waals surface area contributed by atoms with Crippen molar-refractivity contribution in [2.75, 3.05) is 35.0 Å². The summed E-state index contributed by atoms with van der Waals surface area (Å²) in [7, 11) is -3.72. The molecule has 4 rings (SSSR count). The third kappa shape index (κ3) is 7.66. The SMILES string of the molecule is C[C@H](CN(c1ccccc1)S(=O)(=O)CC1CCC(F)(F)CC1)N1CCC(CC(=O)Nc2cc(=O)[nH][nH]2)CC1. The summed E-state index contributed by atoms with van der Waals surface area (Å²) in [5.74, 6) is -2.71. The van der Waals surface area contributed by atoms with Crippen molar-refractivity contribution in [2.24, 2.45) is 11.8 Å². The Morgan fingerprint density at radius 3 is 2.37 bits per heavy atom. The highest BCUT2D eigenvalue weighted by molar-refractivity contribution is 7.92. The van der Waals surface area contributed by atoms with Gasteiger partial charge in [-0.05, 0) is 69.7 Å². The third-order valence-corrected chi connectivity index (χ3v) is 9.63. The van der Waals surface area contributed by atoms with Crippen LogP contribution >= 0.6 is 0 Å². The third-order valence-electron chi connectivity index (χ3n) is 7.71. The number of halogens is 2. The second-order valence-electron chi connectivity index (χ2n) is 10.7. The lowest BCUT2D eigenvalue weighted by Crippen LogP contribution is -2.48. The van der Waals surface area contributed by atoms with E-state index in [2.05, 4.69) is 20.4 Å². The molecule has 1 saturated heterocycles. The molecule has 2 aromatic rings. The number of carbonyl (C=O) groups excluding carboxylic acids is 1. The predicted octanol–water partition coefficient (Wildman–Crippen LogP) is 3.79. The Hall–Kier alpha value is -2.73. The van der Waals surface area contributed by atoms with Gasteiger partial charge in [0.2, 0.25) is 21.9 Å². The van der Waals surface area contributed by atoms with Crippen LogP contribution in [0.5, 0.6) is 0 Å². The largest absolute Gasteiger partial charge is 0.311 e. The minimum Gasteiger partial charge on any atom is -0.311 e. The molecule has 2 heterocycles. The lowest BCUT2D eigenvalue weighted by molar-refractivity contribution is -0.117. The Bertz CT molecular complexity index is 1220. The van der Waals surface area contributed by atoms with E-state index in [9.17, 15) is 26.8 Å². The Labute approximate surface area is 222 Å². The van der Waals surface area contributed by atoms with Gasteiger partial charge in [0.1, 0.15) is 5.82 Å². The molecule has 210 valence electrons. The van der Waals surface area contributed by atoms with Gasteiger partial charge in [-0.2, -0.15) is 0 Å². The minimum absolute atomic E-state index is 0.0691. The number of rotatable bonds is 10. The summed E-state index contributed by atoms with van der Waals surface area (Å²) in [5, 5.41) is 7.67. The number of likely N-dealkylation sites (tertiary alicyclic amines) is 1. The lowest BCUT2D eigenvalue weighted by atomic mass is 9.88. The molecule has 1 aliphatic heterocycles. The van der Waals surface area contributed by atoms with Crippen LogP contribution in [-0.2, 0) is 14.8 Å². The van der Waals surface area contributed by atoms with Crippen molar-refractivity contribution in [2.45, 2.75) is 63.8 Å². The number of alkyl halides is 2. The topological polar surface area (TPSA) is 118 Å². The number of aromatic nitrogens is 2. The highest BCUT2D eigenvalue weighted by Crippen LogP contribution is 2.37. The highest BCUT2D eigenvalue weighted by atomic mass is 32.2. The molecule has 9 nitrogen and oxygen atoms in total. The quantitative estimate of drug-likeness (QED) is 0.414. The molecule has 1 aromatic heterocycles. The molecule has 0 unspecified atom stereocenters. The zero-order valence-electron chi connectivity index (χ0n) is 21.7. The molecular formula is C26H37F2N5O4S. The molecule has 1 atom stereocenters.